The Morgan fingerprint density at radius 1 is 1.19 bits per heavy atom. The predicted octanol–water partition coefficient (Wildman–Crippen LogP) is 2.94. The van der Waals surface area contributed by atoms with Crippen molar-refractivity contribution in [2.24, 2.45) is 0 Å². The number of anilines is 2. The molecule has 0 saturated heterocycles. The Kier molecular flexibility index (Phi) is 3.47. The molecule has 0 saturated carbocycles. The van der Waals surface area contributed by atoms with Gasteiger partial charge in [-0.1, -0.05) is 39.2 Å². The number of tetrazole rings is 1. The topological polar surface area (TPSA) is 101 Å². The number of benzene rings is 1. The molecule has 128 valence electrons. The maximum absolute atomic E-state index is 12.5. The lowest BCUT2D eigenvalue weighted by Gasteiger charge is -2.27. The second kappa shape index (κ2) is 5.85. The normalized spacial score (nSPS) is 15.2. The third kappa shape index (κ3) is 2.30. The minimum Gasteiger partial charge on any atom is -0.318 e. The summed E-state index contributed by atoms with van der Waals surface area (Å²) < 4.78 is 2.64. The Morgan fingerprint density at radius 3 is 2.81 bits per heavy atom. The van der Waals surface area contributed by atoms with Crippen molar-refractivity contribution >= 4 is 38.9 Å². The maximum atomic E-state index is 12.5. The van der Waals surface area contributed by atoms with Crippen molar-refractivity contribution in [2.45, 2.75) is 6.04 Å². The van der Waals surface area contributed by atoms with Crippen LogP contribution in [0, 0.1) is 0 Å². The molecule has 0 bridgehead atoms. The number of nitrogens with zero attached hydrogens (tertiary/aromatic N) is 5. The van der Waals surface area contributed by atoms with Crippen LogP contribution in [-0.4, -0.2) is 30.4 Å². The SMILES string of the molecule is O=c1[nH]nc(-c2cccs2)c2c1Nc1nnnn1[C@H]2c1ccc(Br)cc1. The van der Waals surface area contributed by atoms with Crippen molar-refractivity contribution in [2.75, 3.05) is 5.32 Å². The molecule has 3 aromatic heterocycles. The highest BCUT2D eigenvalue weighted by molar-refractivity contribution is 9.10. The number of hydrogen-bond donors (Lipinski definition) is 2. The molecule has 5 rings (SSSR count). The van der Waals surface area contributed by atoms with Crippen LogP contribution < -0.4 is 10.9 Å². The van der Waals surface area contributed by atoms with Gasteiger partial charge in [0.05, 0.1) is 4.88 Å². The van der Waals surface area contributed by atoms with E-state index in [9.17, 15) is 4.79 Å². The largest absolute Gasteiger partial charge is 0.318 e. The van der Waals surface area contributed by atoms with Crippen LogP contribution in [0.3, 0.4) is 0 Å². The molecule has 1 aliphatic rings. The maximum Gasteiger partial charge on any atom is 0.288 e. The van der Waals surface area contributed by atoms with Gasteiger partial charge in [0.25, 0.3) is 5.56 Å². The monoisotopic (exact) mass is 427 g/mol. The fourth-order valence-corrected chi connectivity index (χ4v) is 4.08. The third-order valence-electron chi connectivity index (χ3n) is 4.21. The minimum atomic E-state index is -0.365. The van der Waals surface area contributed by atoms with Gasteiger partial charge in [0, 0.05) is 10.0 Å². The number of halogens is 1. The summed E-state index contributed by atoms with van der Waals surface area (Å²) in [6.07, 6.45) is 0. The van der Waals surface area contributed by atoms with Gasteiger partial charge in [-0.3, -0.25) is 4.79 Å². The second-order valence-electron chi connectivity index (χ2n) is 5.69. The van der Waals surface area contributed by atoms with Crippen LogP contribution in [0.15, 0.2) is 51.0 Å². The summed E-state index contributed by atoms with van der Waals surface area (Å²) in [6.45, 7) is 0. The lowest BCUT2D eigenvalue weighted by atomic mass is 9.94. The van der Waals surface area contributed by atoms with Crippen molar-refractivity contribution in [3.05, 3.63) is 67.7 Å². The van der Waals surface area contributed by atoms with E-state index in [4.69, 9.17) is 0 Å². The lowest BCUT2D eigenvalue weighted by Crippen LogP contribution is -2.29. The van der Waals surface area contributed by atoms with E-state index in [1.165, 1.54) is 0 Å². The van der Waals surface area contributed by atoms with E-state index in [-0.39, 0.29) is 11.6 Å². The van der Waals surface area contributed by atoms with Gasteiger partial charge in [0.2, 0.25) is 5.95 Å². The summed E-state index contributed by atoms with van der Waals surface area (Å²) in [5.74, 6) is 0.416. The molecule has 8 nitrogen and oxygen atoms in total. The molecule has 0 fully saturated rings. The Bertz CT molecular complexity index is 1150. The number of aromatic amines is 1. The molecule has 10 heteroatoms. The van der Waals surface area contributed by atoms with E-state index in [1.54, 1.807) is 16.0 Å². The van der Waals surface area contributed by atoms with Gasteiger partial charge in [0.1, 0.15) is 17.4 Å². The predicted molar refractivity (Wildman–Crippen MR) is 101 cm³/mol. The third-order valence-corrected chi connectivity index (χ3v) is 5.61. The van der Waals surface area contributed by atoms with Crippen molar-refractivity contribution in [3.63, 3.8) is 0 Å². The van der Waals surface area contributed by atoms with Crippen LogP contribution in [0.25, 0.3) is 10.6 Å². The average molecular weight is 428 g/mol. The first kappa shape index (κ1) is 15.4. The summed E-state index contributed by atoms with van der Waals surface area (Å²) >= 11 is 5.01. The van der Waals surface area contributed by atoms with Gasteiger partial charge in [-0.15, -0.1) is 11.3 Å². The quantitative estimate of drug-likeness (QED) is 0.449. The van der Waals surface area contributed by atoms with E-state index in [1.807, 2.05) is 41.8 Å². The van der Waals surface area contributed by atoms with E-state index in [2.05, 4.69) is 47.0 Å². The highest BCUT2D eigenvalue weighted by Crippen LogP contribution is 2.41. The number of nitrogens with one attached hydrogen (secondary N) is 2. The smallest absolute Gasteiger partial charge is 0.288 e. The summed E-state index contributed by atoms with van der Waals surface area (Å²) in [4.78, 5) is 13.4. The first-order valence-electron chi connectivity index (χ1n) is 7.69. The molecule has 0 amide bonds. The Hall–Kier alpha value is -2.85. The van der Waals surface area contributed by atoms with E-state index in [0.29, 0.717) is 17.3 Å². The van der Waals surface area contributed by atoms with Crippen LogP contribution in [0.5, 0.6) is 0 Å². The van der Waals surface area contributed by atoms with Crippen molar-refractivity contribution in [1.29, 1.82) is 0 Å². The molecule has 1 aromatic carbocycles. The van der Waals surface area contributed by atoms with Crippen molar-refractivity contribution in [1.82, 2.24) is 30.4 Å². The molecule has 1 atom stereocenters. The second-order valence-corrected chi connectivity index (χ2v) is 7.56. The number of aromatic nitrogens is 6. The Balaban J connectivity index is 1.83. The van der Waals surface area contributed by atoms with Gasteiger partial charge in [0.15, 0.2) is 0 Å². The average Bonchev–Trinajstić information content (AvgIpc) is 3.33. The summed E-state index contributed by atoms with van der Waals surface area (Å²) in [7, 11) is 0. The van der Waals surface area contributed by atoms with Gasteiger partial charge >= 0.3 is 0 Å². The Morgan fingerprint density at radius 2 is 2.04 bits per heavy atom. The van der Waals surface area contributed by atoms with Crippen LogP contribution in [0.4, 0.5) is 11.6 Å². The summed E-state index contributed by atoms with van der Waals surface area (Å²) in [6, 6.07) is 11.4. The van der Waals surface area contributed by atoms with Crippen molar-refractivity contribution < 1.29 is 0 Å². The molecule has 0 radical (unpaired) electrons. The zero-order chi connectivity index (χ0) is 17.7. The van der Waals surface area contributed by atoms with Crippen molar-refractivity contribution in [3.8, 4) is 10.6 Å². The number of thiophene rings is 1. The van der Waals surface area contributed by atoms with Crippen LogP contribution in [-0.2, 0) is 0 Å². The molecule has 0 unspecified atom stereocenters. The molecule has 4 aromatic rings. The molecule has 0 aliphatic carbocycles. The lowest BCUT2D eigenvalue weighted by molar-refractivity contribution is 0.567. The standard InChI is InChI=1S/C16H10BrN7OS/c17-9-5-3-8(4-6-9)14-11-12(10-2-1-7-26-10)19-20-15(25)13(11)18-16-21-22-23-24(14)16/h1-7,14H,(H,20,25)(H,18,21,23)/t14-/m0/s1. The fourth-order valence-electron chi connectivity index (χ4n) is 3.09. The molecular formula is C16H10BrN7OS. The summed E-state index contributed by atoms with van der Waals surface area (Å²) in [5, 5.41) is 23.8. The minimum absolute atomic E-state index is 0.309. The zero-order valence-corrected chi connectivity index (χ0v) is 15.5. The van der Waals surface area contributed by atoms with Gasteiger partial charge in [-0.2, -0.15) is 9.78 Å². The summed E-state index contributed by atoms with van der Waals surface area (Å²) in [5.41, 5.74) is 2.51. The Labute approximate surface area is 159 Å². The van der Waals surface area contributed by atoms with E-state index in [0.717, 1.165) is 20.5 Å². The highest BCUT2D eigenvalue weighted by Gasteiger charge is 2.34. The van der Waals surface area contributed by atoms with Crippen LogP contribution >= 0.6 is 27.3 Å². The number of H-pyrrole nitrogens is 1. The van der Waals surface area contributed by atoms with Gasteiger partial charge in [-0.05, 0) is 39.6 Å². The van der Waals surface area contributed by atoms with Crippen LogP contribution in [0.2, 0.25) is 0 Å². The molecule has 0 spiro atoms. The van der Waals surface area contributed by atoms with E-state index >= 15 is 0 Å². The molecule has 26 heavy (non-hydrogen) atoms. The number of rotatable bonds is 2. The van der Waals surface area contributed by atoms with E-state index < -0.39 is 0 Å². The first-order valence-corrected chi connectivity index (χ1v) is 9.36. The molecular weight excluding hydrogens is 418 g/mol. The number of fused-ring (bicyclic) bond motifs is 2. The first-order chi connectivity index (χ1) is 12.7. The molecule has 2 N–H and O–H groups in total. The van der Waals surface area contributed by atoms with Gasteiger partial charge < -0.3 is 5.32 Å². The van der Waals surface area contributed by atoms with Crippen LogP contribution in [0.1, 0.15) is 17.2 Å². The molecule has 4 heterocycles. The molecule has 1 aliphatic heterocycles. The van der Waals surface area contributed by atoms with Gasteiger partial charge in [-0.25, -0.2) is 5.10 Å². The fraction of sp³-hybridized carbons (Fsp3) is 0.0625. The highest BCUT2D eigenvalue weighted by atomic mass is 79.9. The number of hydrogen-bond acceptors (Lipinski definition) is 7. The zero-order valence-electron chi connectivity index (χ0n) is 13.0.